The number of hydrogen-bond donors (Lipinski definition) is 2. The Balaban J connectivity index is 0.00000180. The van der Waals surface area contributed by atoms with Crippen LogP contribution in [0.15, 0.2) is 33.5 Å². The number of benzene rings is 1. The van der Waals surface area contributed by atoms with Crippen LogP contribution in [0.4, 0.5) is 5.69 Å². The summed E-state index contributed by atoms with van der Waals surface area (Å²) in [5, 5.41) is 3.29. The van der Waals surface area contributed by atoms with Crippen molar-refractivity contribution in [3.8, 4) is 0 Å². The maximum atomic E-state index is 11.2. The smallest absolute Gasteiger partial charge is 0.336 e. The first-order valence-corrected chi connectivity index (χ1v) is 6.70. The minimum absolute atomic E-state index is 0. The fraction of sp³-hybridized carbons (Fsp3) is 0.182. The van der Waals surface area contributed by atoms with Crippen molar-refractivity contribution in [3.63, 3.8) is 0 Å². The quantitative estimate of drug-likeness (QED) is 0.497. The predicted octanol–water partition coefficient (Wildman–Crippen LogP) is 0.978. The molecule has 0 saturated heterocycles. The molecule has 2 aromatic rings. The van der Waals surface area contributed by atoms with E-state index in [1.807, 2.05) is 0 Å². The monoisotopic (exact) mass is 292 g/mol. The van der Waals surface area contributed by atoms with Gasteiger partial charge in [-0.25, -0.2) is 4.79 Å². The summed E-state index contributed by atoms with van der Waals surface area (Å²) in [5.41, 5.74) is 1.11. The van der Waals surface area contributed by atoms with Crippen molar-refractivity contribution in [3.05, 3.63) is 40.2 Å². The zero-order valence-corrected chi connectivity index (χ0v) is 13.3. The van der Waals surface area contributed by atoms with Gasteiger partial charge in [0.2, 0.25) is 0 Å². The zero-order valence-electron chi connectivity index (χ0n) is 10.5. The summed E-state index contributed by atoms with van der Waals surface area (Å²) >= 11 is 0. The largest absolute Gasteiger partial charge is 0.423 e. The number of nitrogens with one attached hydrogen (secondary N) is 1. The van der Waals surface area contributed by atoms with Crippen LogP contribution in [-0.2, 0) is 10.1 Å². The van der Waals surface area contributed by atoms with E-state index in [4.69, 9.17) is 8.97 Å². The molecule has 0 saturated carbocycles. The number of rotatable bonds is 3. The minimum Gasteiger partial charge on any atom is -0.423 e. The molecule has 0 fully saturated rings. The van der Waals surface area contributed by atoms with Crippen LogP contribution in [0.1, 0.15) is 5.56 Å². The van der Waals surface area contributed by atoms with Gasteiger partial charge in [0, 0.05) is 52.8 Å². The third-order valence-corrected chi connectivity index (χ3v) is 2.92. The molecule has 0 spiro atoms. The van der Waals surface area contributed by atoms with Crippen LogP contribution in [0.5, 0.6) is 0 Å². The van der Waals surface area contributed by atoms with Gasteiger partial charge in [-0.2, -0.15) is 8.42 Å². The van der Waals surface area contributed by atoms with E-state index in [2.05, 4.69) is 5.32 Å². The molecule has 0 bridgehead atoms. The molecule has 1 aromatic heterocycles. The first kappa shape index (κ1) is 16.2. The Morgan fingerprint density at radius 1 is 1.32 bits per heavy atom. The zero-order chi connectivity index (χ0) is 13.3. The molecule has 19 heavy (non-hydrogen) atoms. The van der Waals surface area contributed by atoms with Crippen molar-refractivity contribution >= 4 is 56.3 Å². The Morgan fingerprint density at radius 3 is 2.63 bits per heavy atom. The summed E-state index contributed by atoms with van der Waals surface area (Å²) in [7, 11) is -4.10. The standard InChI is InChI=1S/C11H11NO5S.Na/c1-7-4-11(13)17-10-5-8(2-3-9(7)10)12-6-18(14,15)16;/h2-5,12H,6H2,1H3,(H,14,15,16);. The Labute approximate surface area is 131 Å². The molecule has 1 radical (unpaired) electrons. The van der Waals surface area contributed by atoms with Gasteiger partial charge in [0.05, 0.1) is 0 Å². The molecule has 0 atom stereocenters. The van der Waals surface area contributed by atoms with Crippen LogP contribution < -0.4 is 10.9 Å². The Bertz CT molecular complexity index is 753. The molecule has 0 aliphatic rings. The number of hydrogen-bond acceptors (Lipinski definition) is 5. The SMILES string of the molecule is Cc1cc(=O)oc2cc(NCS(=O)(=O)O)ccc12.[Na]. The van der Waals surface area contributed by atoms with E-state index in [0.29, 0.717) is 11.3 Å². The summed E-state index contributed by atoms with van der Waals surface area (Å²) in [5.74, 6) is -0.603. The van der Waals surface area contributed by atoms with Gasteiger partial charge in [0.1, 0.15) is 11.5 Å². The molecule has 2 N–H and O–H groups in total. The Hall–Kier alpha value is -0.860. The van der Waals surface area contributed by atoms with Crippen molar-refractivity contribution in [1.82, 2.24) is 0 Å². The third kappa shape index (κ3) is 4.32. The van der Waals surface area contributed by atoms with Gasteiger partial charge in [-0.1, -0.05) is 0 Å². The molecular formula is C11H11NNaO5S. The van der Waals surface area contributed by atoms with E-state index in [1.54, 1.807) is 19.1 Å². The number of anilines is 1. The van der Waals surface area contributed by atoms with Crippen molar-refractivity contribution in [2.45, 2.75) is 6.92 Å². The molecule has 0 aliphatic carbocycles. The molecule has 0 aliphatic heterocycles. The first-order valence-electron chi connectivity index (χ1n) is 5.09. The van der Waals surface area contributed by atoms with Gasteiger partial charge < -0.3 is 9.73 Å². The van der Waals surface area contributed by atoms with Crippen LogP contribution in [0.25, 0.3) is 11.0 Å². The van der Waals surface area contributed by atoms with Crippen LogP contribution >= 0.6 is 0 Å². The molecule has 6 nitrogen and oxygen atoms in total. The fourth-order valence-electron chi connectivity index (χ4n) is 1.61. The first-order chi connectivity index (χ1) is 8.35. The Kier molecular flexibility index (Phi) is 5.17. The third-order valence-electron chi connectivity index (χ3n) is 2.41. The summed E-state index contributed by atoms with van der Waals surface area (Å²) in [4.78, 5) is 11.2. The van der Waals surface area contributed by atoms with Crippen molar-refractivity contribution in [1.29, 1.82) is 0 Å². The van der Waals surface area contributed by atoms with Crippen LogP contribution in [0, 0.1) is 6.92 Å². The van der Waals surface area contributed by atoms with Gasteiger partial charge in [0.15, 0.2) is 0 Å². The van der Waals surface area contributed by atoms with Crippen LogP contribution in [0.3, 0.4) is 0 Å². The summed E-state index contributed by atoms with van der Waals surface area (Å²) in [6.07, 6.45) is 0. The maximum absolute atomic E-state index is 11.2. The second-order valence-corrected chi connectivity index (χ2v) is 5.31. The molecule has 0 unspecified atom stereocenters. The van der Waals surface area contributed by atoms with E-state index < -0.39 is 21.6 Å². The molecule has 2 rings (SSSR count). The van der Waals surface area contributed by atoms with Gasteiger partial charge in [-0.3, -0.25) is 4.55 Å². The van der Waals surface area contributed by atoms with E-state index >= 15 is 0 Å². The summed E-state index contributed by atoms with van der Waals surface area (Å²) < 4.78 is 34.8. The van der Waals surface area contributed by atoms with Crippen LogP contribution in [-0.4, -0.2) is 48.4 Å². The number of fused-ring (bicyclic) bond motifs is 1. The normalized spacial score (nSPS) is 11.1. The second-order valence-electron chi connectivity index (χ2n) is 3.86. The fourth-order valence-corrected chi connectivity index (χ4v) is 1.96. The summed E-state index contributed by atoms with van der Waals surface area (Å²) in [6, 6.07) is 6.24. The summed E-state index contributed by atoms with van der Waals surface area (Å²) in [6.45, 7) is 1.78. The average molecular weight is 292 g/mol. The molecule has 97 valence electrons. The van der Waals surface area contributed by atoms with Crippen molar-refractivity contribution in [2.24, 2.45) is 0 Å². The molecular weight excluding hydrogens is 281 g/mol. The van der Waals surface area contributed by atoms with Gasteiger partial charge in [-0.15, -0.1) is 0 Å². The molecule has 0 amide bonds. The number of aryl methyl sites for hydroxylation is 1. The Morgan fingerprint density at radius 2 is 2.00 bits per heavy atom. The van der Waals surface area contributed by atoms with E-state index in [9.17, 15) is 13.2 Å². The molecule has 1 aromatic carbocycles. The van der Waals surface area contributed by atoms with Gasteiger partial charge in [-0.05, 0) is 24.6 Å². The van der Waals surface area contributed by atoms with Crippen molar-refractivity contribution < 1.29 is 17.4 Å². The van der Waals surface area contributed by atoms with Gasteiger partial charge >= 0.3 is 5.63 Å². The molecule has 1 heterocycles. The van der Waals surface area contributed by atoms with E-state index in [1.165, 1.54) is 12.1 Å². The van der Waals surface area contributed by atoms with E-state index in [-0.39, 0.29) is 29.6 Å². The second kappa shape index (κ2) is 6.06. The van der Waals surface area contributed by atoms with E-state index in [0.717, 1.165) is 10.9 Å². The average Bonchev–Trinajstić information content (AvgIpc) is 2.24. The topological polar surface area (TPSA) is 96.6 Å². The molecule has 8 heteroatoms. The van der Waals surface area contributed by atoms with Crippen LogP contribution in [0.2, 0.25) is 0 Å². The maximum Gasteiger partial charge on any atom is 0.336 e. The minimum atomic E-state index is -4.10. The predicted molar refractivity (Wildman–Crippen MR) is 73.0 cm³/mol. The van der Waals surface area contributed by atoms with Gasteiger partial charge in [0.25, 0.3) is 10.1 Å². The van der Waals surface area contributed by atoms with Crippen molar-refractivity contribution in [2.75, 3.05) is 11.2 Å².